The van der Waals surface area contributed by atoms with Crippen LogP contribution in [0, 0.1) is 11.3 Å². The topological polar surface area (TPSA) is 0 Å². The lowest BCUT2D eigenvalue weighted by atomic mass is 9.69. The van der Waals surface area contributed by atoms with E-state index in [1.165, 1.54) is 30.4 Å². The third kappa shape index (κ3) is 1.81. The van der Waals surface area contributed by atoms with Gasteiger partial charge in [0.15, 0.2) is 0 Å². The predicted octanol–water partition coefficient (Wildman–Crippen LogP) is 5.79. The van der Waals surface area contributed by atoms with E-state index in [2.05, 4.69) is 63.3 Å². The van der Waals surface area contributed by atoms with E-state index < -0.39 is 0 Å². The number of benzene rings is 1. The van der Waals surface area contributed by atoms with E-state index in [4.69, 9.17) is 0 Å². The summed E-state index contributed by atoms with van der Waals surface area (Å²) in [5.74, 6) is 1.32. The smallest absolute Gasteiger partial charge is 0.0302 e. The highest BCUT2D eigenvalue weighted by molar-refractivity contribution is 5.58. The summed E-state index contributed by atoms with van der Waals surface area (Å²) in [6.45, 7) is 7.22. The van der Waals surface area contributed by atoms with Crippen molar-refractivity contribution in [3.8, 4) is 0 Å². The summed E-state index contributed by atoms with van der Waals surface area (Å²) in [4.78, 5) is 0. The van der Waals surface area contributed by atoms with Gasteiger partial charge in [0.25, 0.3) is 0 Å². The molecule has 3 aliphatic rings. The zero-order valence-electron chi connectivity index (χ0n) is 13.3. The number of fused-ring (bicyclic) bond motifs is 1. The fourth-order valence-corrected chi connectivity index (χ4v) is 4.69. The number of hydrogen-bond donors (Lipinski definition) is 0. The van der Waals surface area contributed by atoms with Crippen molar-refractivity contribution in [1.29, 1.82) is 0 Å². The maximum atomic E-state index is 2.56. The van der Waals surface area contributed by atoms with Gasteiger partial charge >= 0.3 is 0 Å². The molecule has 0 amide bonds. The largest absolute Gasteiger partial charge is 0.0634 e. The van der Waals surface area contributed by atoms with Gasteiger partial charge in [0.1, 0.15) is 0 Å². The van der Waals surface area contributed by atoms with Crippen molar-refractivity contribution < 1.29 is 0 Å². The monoisotopic (exact) mass is 276 g/mol. The predicted molar refractivity (Wildman–Crippen MR) is 89.2 cm³/mol. The Morgan fingerprint density at radius 3 is 2.62 bits per heavy atom. The normalized spacial score (nSPS) is 34.4. The van der Waals surface area contributed by atoms with Crippen LogP contribution in [0.1, 0.15) is 51.5 Å². The molecule has 0 heterocycles. The molecule has 1 aromatic carbocycles. The summed E-state index contributed by atoms with van der Waals surface area (Å²) < 4.78 is 0. The van der Waals surface area contributed by atoms with Crippen LogP contribution < -0.4 is 0 Å². The molecule has 0 spiro atoms. The van der Waals surface area contributed by atoms with Crippen LogP contribution in [0.3, 0.4) is 0 Å². The van der Waals surface area contributed by atoms with E-state index in [9.17, 15) is 0 Å². The van der Waals surface area contributed by atoms with E-state index in [1.807, 2.05) is 0 Å². The van der Waals surface area contributed by atoms with Crippen molar-refractivity contribution >= 4 is 0 Å². The lowest BCUT2D eigenvalue weighted by molar-refractivity contribution is 0.293. The van der Waals surface area contributed by atoms with Gasteiger partial charge in [-0.3, -0.25) is 0 Å². The Balaban J connectivity index is 1.79. The van der Waals surface area contributed by atoms with Crippen molar-refractivity contribution in [3.63, 3.8) is 0 Å². The molecule has 1 saturated carbocycles. The summed E-state index contributed by atoms with van der Waals surface area (Å²) in [5.41, 5.74) is 8.27. The Labute approximate surface area is 128 Å². The van der Waals surface area contributed by atoms with Gasteiger partial charge in [0.2, 0.25) is 0 Å². The average Bonchev–Trinajstić information content (AvgIpc) is 2.94. The highest BCUT2D eigenvalue weighted by atomic mass is 14.5. The minimum atomic E-state index is 0.418. The minimum Gasteiger partial charge on any atom is -0.0634 e. The van der Waals surface area contributed by atoms with E-state index >= 15 is 0 Å². The zero-order valence-corrected chi connectivity index (χ0v) is 13.3. The molecule has 0 aromatic heterocycles. The molecular formula is C21H24. The van der Waals surface area contributed by atoms with Crippen LogP contribution in [0.2, 0.25) is 0 Å². The second kappa shape index (κ2) is 4.47. The maximum absolute atomic E-state index is 2.56. The van der Waals surface area contributed by atoms with Gasteiger partial charge in [-0.05, 0) is 54.2 Å². The summed E-state index contributed by atoms with van der Waals surface area (Å²) in [7, 11) is 0. The first-order valence-electron chi connectivity index (χ1n) is 8.27. The summed E-state index contributed by atoms with van der Waals surface area (Å²) in [6, 6.07) is 11.0. The van der Waals surface area contributed by atoms with Gasteiger partial charge < -0.3 is 0 Å². The SMILES string of the molecule is CC1=CC2=C(C=C3CCC(C)C3(C)C2)C1c1ccccc1. The lowest BCUT2D eigenvalue weighted by Crippen LogP contribution is -2.24. The van der Waals surface area contributed by atoms with Crippen molar-refractivity contribution in [3.05, 3.63) is 70.3 Å². The van der Waals surface area contributed by atoms with E-state index in [1.54, 1.807) is 16.7 Å². The first-order valence-corrected chi connectivity index (χ1v) is 8.27. The van der Waals surface area contributed by atoms with Crippen LogP contribution in [-0.4, -0.2) is 0 Å². The Kier molecular flexibility index (Phi) is 2.79. The fourth-order valence-electron chi connectivity index (χ4n) is 4.69. The first-order chi connectivity index (χ1) is 10.1. The molecule has 0 radical (unpaired) electrons. The molecular weight excluding hydrogens is 252 g/mol. The van der Waals surface area contributed by atoms with Gasteiger partial charge in [-0.25, -0.2) is 0 Å². The van der Waals surface area contributed by atoms with Crippen LogP contribution in [0.4, 0.5) is 0 Å². The highest BCUT2D eigenvalue weighted by Crippen LogP contribution is 2.57. The molecule has 108 valence electrons. The van der Waals surface area contributed by atoms with Gasteiger partial charge in [-0.15, -0.1) is 0 Å². The number of rotatable bonds is 1. The third-order valence-electron chi connectivity index (χ3n) is 6.23. The molecule has 3 atom stereocenters. The molecule has 0 heteroatoms. The Morgan fingerprint density at radius 1 is 1.10 bits per heavy atom. The molecule has 1 fully saturated rings. The zero-order chi connectivity index (χ0) is 14.6. The molecule has 0 N–H and O–H groups in total. The number of allylic oxidation sites excluding steroid dienone is 6. The van der Waals surface area contributed by atoms with Crippen LogP contribution >= 0.6 is 0 Å². The van der Waals surface area contributed by atoms with Crippen molar-refractivity contribution in [2.75, 3.05) is 0 Å². The number of hydrogen-bond acceptors (Lipinski definition) is 0. The summed E-state index contributed by atoms with van der Waals surface area (Å²) >= 11 is 0. The van der Waals surface area contributed by atoms with Crippen LogP contribution in [0.25, 0.3) is 0 Å². The Bertz CT molecular complexity index is 671. The molecule has 3 aliphatic carbocycles. The molecule has 0 aliphatic heterocycles. The highest BCUT2D eigenvalue weighted by Gasteiger charge is 2.44. The summed E-state index contributed by atoms with van der Waals surface area (Å²) in [6.07, 6.45) is 8.94. The standard InChI is InChI=1S/C21H24/c1-14-11-17-13-21(3)15(2)9-10-18(21)12-19(17)20(14)16-7-5-4-6-8-16/h4-8,11-12,15,20H,9-10,13H2,1-3H3. The molecule has 21 heavy (non-hydrogen) atoms. The van der Waals surface area contributed by atoms with E-state index in [0.29, 0.717) is 11.3 Å². The third-order valence-corrected chi connectivity index (χ3v) is 6.23. The first kappa shape index (κ1) is 13.1. The molecule has 0 nitrogen and oxygen atoms in total. The van der Waals surface area contributed by atoms with Gasteiger partial charge in [-0.2, -0.15) is 0 Å². The van der Waals surface area contributed by atoms with Gasteiger partial charge in [0.05, 0.1) is 0 Å². The van der Waals surface area contributed by atoms with Crippen molar-refractivity contribution in [1.82, 2.24) is 0 Å². The van der Waals surface area contributed by atoms with Crippen LogP contribution in [-0.2, 0) is 0 Å². The molecule has 3 unspecified atom stereocenters. The van der Waals surface area contributed by atoms with E-state index in [-0.39, 0.29) is 0 Å². The minimum absolute atomic E-state index is 0.418. The second-order valence-electron chi connectivity index (χ2n) is 7.42. The van der Waals surface area contributed by atoms with E-state index in [0.717, 1.165) is 5.92 Å². The quantitative estimate of drug-likeness (QED) is 0.608. The van der Waals surface area contributed by atoms with Gasteiger partial charge in [-0.1, -0.05) is 67.5 Å². The molecule has 0 bridgehead atoms. The van der Waals surface area contributed by atoms with Crippen molar-refractivity contribution in [2.45, 2.75) is 46.0 Å². The molecule has 1 aromatic rings. The molecule has 4 rings (SSSR count). The average molecular weight is 276 g/mol. The van der Waals surface area contributed by atoms with Gasteiger partial charge in [0, 0.05) is 5.92 Å². The lowest BCUT2D eigenvalue weighted by Gasteiger charge is -2.35. The van der Waals surface area contributed by atoms with Crippen LogP contribution in [0.15, 0.2) is 64.8 Å². The molecule has 0 saturated heterocycles. The fraction of sp³-hybridized carbons (Fsp3) is 0.429. The second-order valence-corrected chi connectivity index (χ2v) is 7.42. The van der Waals surface area contributed by atoms with Crippen molar-refractivity contribution in [2.24, 2.45) is 11.3 Å². The Hall–Kier alpha value is -1.56. The van der Waals surface area contributed by atoms with Crippen LogP contribution in [0.5, 0.6) is 0 Å². The maximum Gasteiger partial charge on any atom is 0.0302 e. The summed E-state index contributed by atoms with van der Waals surface area (Å²) in [5, 5.41) is 0. The Morgan fingerprint density at radius 2 is 1.86 bits per heavy atom.